The number of ether oxygens (including phenoxy) is 2. The molecule has 1 atom stereocenters. The number of hydrogen-bond acceptors (Lipinski definition) is 8. The van der Waals surface area contributed by atoms with Crippen LogP contribution in [0.2, 0.25) is 0 Å². The largest absolute Gasteiger partial charge is 0.507 e. The average molecular weight is 507 g/mol. The first-order chi connectivity index (χ1) is 17.2. The lowest BCUT2D eigenvalue weighted by molar-refractivity contribution is -0.132. The molecular formula is C27H26N2O6S. The number of aromatic nitrogens is 1. The van der Waals surface area contributed by atoms with Crippen molar-refractivity contribution in [1.29, 1.82) is 0 Å². The van der Waals surface area contributed by atoms with E-state index >= 15 is 0 Å². The molecule has 0 aliphatic carbocycles. The number of Topliss-reactive ketones (excluding diaryl/α,β-unsaturated/α-hetero) is 1. The van der Waals surface area contributed by atoms with E-state index in [-0.39, 0.29) is 21.3 Å². The molecule has 1 amide bonds. The number of benzene rings is 2. The number of carbonyl (C=O) groups is 3. The predicted octanol–water partition coefficient (Wildman–Crippen LogP) is 4.74. The Bertz CT molecular complexity index is 1390. The van der Waals surface area contributed by atoms with Gasteiger partial charge in [-0.15, -0.1) is 0 Å². The van der Waals surface area contributed by atoms with Gasteiger partial charge in [-0.05, 0) is 55.2 Å². The summed E-state index contributed by atoms with van der Waals surface area (Å²) in [5, 5.41) is 11.6. The Hall–Kier alpha value is -3.98. The van der Waals surface area contributed by atoms with Crippen LogP contribution < -0.4 is 9.64 Å². The van der Waals surface area contributed by atoms with Crippen LogP contribution in [0.25, 0.3) is 5.76 Å². The first-order valence-electron chi connectivity index (χ1n) is 11.3. The topological polar surface area (TPSA) is 106 Å². The summed E-state index contributed by atoms with van der Waals surface area (Å²) in [5.74, 6) is -1.94. The van der Waals surface area contributed by atoms with Crippen LogP contribution in [0.4, 0.5) is 5.13 Å². The zero-order valence-electron chi connectivity index (χ0n) is 20.6. The van der Waals surface area contributed by atoms with Gasteiger partial charge in [0.2, 0.25) is 0 Å². The monoisotopic (exact) mass is 506 g/mol. The molecule has 3 aromatic rings. The fourth-order valence-electron chi connectivity index (χ4n) is 4.22. The van der Waals surface area contributed by atoms with Gasteiger partial charge in [0.1, 0.15) is 16.4 Å². The number of hydrogen-bond donors (Lipinski definition) is 1. The number of nitrogens with zero attached hydrogens (tertiary/aromatic N) is 2. The third-order valence-electron chi connectivity index (χ3n) is 6.20. The lowest BCUT2D eigenvalue weighted by atomic mass is 9.93. The summed E-state index contributed by atoms with van der Waals surface area (Å²) in [6.45, 7) is 5.44. The van der Waals surface area contributed by atoms with E-state index in [1.807, 2.05) is 31.2 Å². The lowest BCUT2D eigenvalue weighted by Gasteiger charge is -2.23. The molecule has 1 saturated heterocycles. The van der Waals surface area contributed by atoms with E-state index in [0.717, 1.165) is 23.3 Å². The summed E-state index contributed by atoms with van der Waals surface area (Å²) in [5.41, 5.74) is 3.14. The number of rotatable bonds is 6. The van der Waals surface area contributed by atoms with Gasteiger partial charge in [-0.1, -0.05) is 42.5 Å². The van der Waals surface area contributed by atoms with Crippen LogP contribution >= 0.6 is 11.3 Å². The summed E-state index contributed by atoms with van der Waals surface area (Å²) in [6, 6.07) is 11.6. The Morgan fingerprint density at radius 3 is 2.39 bits per heavy atom. The molecule has 36 heavy (non-hydrogen) atoms. The van der Waals surface area contributed by atoms with E-state index < -0.39 is 23.7 Å². The van der Waals surface area contributed by atoms with E-state index in [9.17, 15) is 19.5 Å². The van der Waals surface area contributed by atoms with Gasteiger partial charge < -0.3 is 14.6 Å². The van der Waals surface area contributed by atoms with Gasteiger partial charge in [0, 0.05) is 5.56 Å². The summed E-state index contributed by atoms with van der Waals surface area (Å²) in [6.07, 6.45) is 0.819. The normalized spacial score (nSPS) is 16.9. The predicted molar refractivity (Wildman–Crippen MR) is 137 cm³/mol. The van der Waals surface area contributed by atoms with E-state index in [2.05, 4.69) is 4.98 Å². The van der Waals surface area contributed by atoms with Gasteiger partial charge in [0.15, 0.2) is 5.13 Å². The van der Waals surface area contributed by atoms with Crippen molar-refractivity contribution in [3.05, 3.63) is 80.9 Å². The number of aliphatic hydroxyl groups is 1. The lowest BCUT2D eigenvalue weighted by Crippen LogP contribution is -2.29. The van der Waals surface area contributed by atoms with E-state index in [0.29, 0.717) is 28.1 Å². The zero-order chi connectivity index (χ0) is 26.1. The number of aliphatic hydroxyl groups excluding tert-OH is 1. The van der Waals surface area contributed by atoms with Crippen molar-refractivity contribution in [1.82, 2.24) is 4.98 Å². The summed E-state index contributed by atoms with van der Waals surface area (Å²) in [7, 11) is 2.80. The van der Waals surface area contributed by atoms with Crippen molar-refractivity contribution in [2.75, 3.05) is 19.1 Å². The molecule has 1 unspecified atom stereocenters. The highest BCUT2D eigenvalue weighted by Crippen LogP contribution is 2.44. The minimum atomic E-state index is -0.937. The standard InChI is InChI=1S/C27H26N2O6S/c1-6-16-7-9-17(10-8-16)21-20(22(30)19-12-11-18(34-4)13-14(19)2)23(31)25(32)29(21)27-28-15(3)24(36-27)26(33)35-5/h7-13,21,30H,6H2,1-5H3/b22-20+. The Morgan fingerprint density at radius 2 is 1.81 bits per heavy atom. The number of carbonyl (C=O) groups excluding carboxylic acids is 3. The first-order valence-corrected chi connectivity index (χ1v) is 12.1. The van der Waals surface area contributed by atoms with Gasteiger partial charge in [-0.25, -0.2) is 9.78 Å². The first kappa shape index (κ1) is 25.1. The molecule has 1 aromatic heterocycles. The maximum Gasteiger partial charge on any atom is 0.350 e. The second kappa shape index (κ2) is 9.94. The van der Waals surface area contributed by atoms with Crippen LogP contribution in [0.1, 0.15) is 50.6 Å². The Balaban J connectivity index is 1.94. The van der Waals surface area contributed by atoms with Crippen molar-refractivity contribution in [2.24, 2.45) is 0 Å². The van der Waals surface area contributed by atoms with Crippen LogP contribution in [0.15, 0.2) is 48.0 Å². The molecule has 1 aliphatic heterocycles. The Kier molecular flexibility index (Phi) is 6.94. The van der Waals surface area contributed by atoms with Crippen molar-refractivity contribution in [3.8, 4) is 5.75 Å². The molecule has 4 rings (SSSR count). The van der Waals surface area contributed by atoms with Crippen molar-refractivity contribution < 1.29 is 29.0 Å². The van der Waals surface area contributed by atoms with Gasteiger partial charge in [0.25, 0.3) is 5.78 Å². The van der Waals surface area contributed by atoms with Gasteiger partial charge in [-0.2, -0.15) is 0 Å². The van der Waals surface area contributed by atoms with Crippen molar-refractivity contribution in [2.45, 2.75) is 33.2 Å². The summed E-state index contributed by atoms with van der Waals surface area (Å²) < 4.78 is 10.1. The van der Waals surface area contributed by atoms with E-state index in [1.54, 1.807) is 39.2 Å². The molecular weight excluding hydrogens is 480 g/mol. The number of aryl methyl sites for hydroxylation is 3. The average Bonchev–Trinajstić information content (AvgIpc) is 3.39. The van der Waals surface area contributed by atoms with Crippen LogP contribution in [0.5, 0.6) is 5.75 Å². The third kappa shape index (κ3) is 4.26. The molecule has 186 valence electrons. The van der Waals surface area contributed by atoms with E-state index in [1.165, 1.54) is 12.0 Å². The minimum Gasteiger partial charge on any atom is -0.507 e. The highest BCUT2D eigenvalue weighted by Gasteiger charge is 2.48. The molecule has 0 bridgehead atoms. The number of esters is 1. The Labute approximate surface area is 212 Å². The molecule has 1 aliphatic rings. The van der Waals surface area contributed by atoms with Crippen LogP contribution in [-0.4, -0.2) is 42.0 Å². The van der Waals surface area contributed by atoms with Crippen LogP contribution in [-0.2, 0) is 20.7 Å². The highest BCUT2D eigenvalue weighted by atomic mass is 32.1. The number of amides is 1. The van der Waals surface area contributed by atoms with Gasteiger partial charge in [0.05, 0.1) is 31.5 Å². The maximum atomic E-state index is 13.4. The SMILES string of the molecule is CCc1ccc(C2/C(=C(\O)c3ccc(OC)cc3C)C(=O)C(=O)N2c2nc(C)c(C(=O)OC)s2)cc1. The minimum absolute atomic E-state index is 0.0509. The maximum absolute atomic E-state index is 13.4. The third-order valence-corrected chi connectivity index (χ3v) is 7.34. The number of thiazole rings is 1. The number of anilines is 1. The zero-order valence-corrected chi connectivity index (χ0v) is 21.4. The molecule has 0 saturated carbocycles. The molecule has 8 nitrogen and oxygen atoms in total. The molecule has 1 fully saturated rings. The molecule has 1 N–H and O–H groups in total. The van der Waals surface area contributed by atoms with Crippen molar-refractivity contribution in [3.63, 3.8) is 0 Å². The smallest absolute Gasteiger partial charge is 0.350 e. The summed E-state index contributed by atoms with van der Waals surface area (Å²) >= 11 is 0.965. The number of methoxy groups -OCH3 is 2. The molecule has 9 heteroatoms. The van der Waals surface area contributed by atoms with Crippen LogP contribution in [0, 0.1) is 13.8 Å². The van der Waals surface area contributed by atoms with Gasteiger partial charge in [-0.3, -0.25) is 14.5 Å². The molecule has 0 radical (unpaired) electrons. The van der Waals surface area contributed by atoms with Crippen molar-refractivity contribution >= 4 is 39.9 Å². The quantitative estimate of drug-likeness (QED) is 0.223. The molecule has 2 heterocycles. The Morgan fingerprint density at radius 1 is 1.11 bits per heavy atom. The second-order valence-electron chi connectivity index (χ2n) is 8.35. The van der Waals surface area contributed by atoms with E-state index in [4.69, 9.17) is 9.47 Å². The molecule has 0 spiro atoms. The van der Waals surface area contributed by atoms with Crippen LogP contribution in [0.3, 0.4) is 0 Å². The molecule has 2 aromatic carbocycles. The van der Waals surface area contributed by atoms with Gasteiger partial charge >= 0.3 is 11.9 Å². The summed E-state index contributed by atoms with van der Waals surface area (Å²) in [4.78, 5) is 44.8. The number of ketones is 1. The highest BCUT2D eigenvalue weighted by molar-refractivity contribution is 7.17. The second-order valence-corrected chi connectivity index (χ2v) is 9.33. The fraction of sp³-hybridized carbons (Fsp3) is 0.259. The fourth-order valence-corrected chi connectivity index (χ4v) is 5.23.